The third-order valence-electron chi connectivity index (χ3n) is 2.96. The number of hydrogen-bond donors (Lipinski definition) is 2. The minimum Gasteiger partial charge on any atom is -0.323 e. The molecule has 1 amide bonds. The van der Waals surface area contributed by atoms with Gasteiger partial charge in [0.2, 0.25) is 11.1 Å². The van der Waals surface area contributed by atoms with Crippen LogP contribution in [0, 0.1) is 5.82 Å². The van der Waals surface area contributed by atoms with E-state index in [9.17, 15) is 9.18 Å². The van der Waals surface area contributed by atoms with Gasteiger partial charge in [0.15, 0.2) is 5.82 Å². The summed E-state index contributed by atoms with van der Waals surface area (Å²) in [4.78, 5) is 20.1. The average Bonchev–Trinajstić information content (AvgIpc) is 3.05. The number of rotatable bonds is 5. The molecule has 6 nitrogen and oxygen atoms in total. The molecule has 3 rings (SSSR count). The molecule has 0 aliphatic rings. The molecule has 0 unspecified atom stereocenters. The van der Waals surface area contributed by atoms with Crippen molar-refractivity contribution in [2.45, 2.75) is 5.16 Å². The molecule has 0 aliphatic carbocycles. The molecule has 0 saturated heterocycles. The minimum absolute atomic E-state index is 0.0513. The fraction of sp³-hybridized carbons (Fsp3) is 0.0667. The highest BCUT2D eigenvalue weighted by molar-refractivity contribution is 7.99. The summed E-state index contributed by atoms with van der Waals surface area (Å²) in [6, 6.07) is 7.65. The quantitative estimate of drug-likeness (QED) is 0.679. The molecular weight excluding hydrogens is 353 g/mol. The molecule has 2 heterocycles. The molecule has 0 aliphatic heterocycles. The second kappa shape index (κ2) is 7.41. The first-order valence-electron chi connectivity index (χ1n) is 6.82. The fourth-order valence-electron chi connectivity index (χ4n) is 1.86. The van der Waals surface area contributed by atoms with Crippen LogP contribution in [0.4, 0.5) is 10.1 Å². The van der Waals surface area contributed by atoms with E-state index < -0.39 is 5.82 Å². The Labute approximate surface area is 145 Å². The first-order chi connectivity index (χ1) is 11.6. The lowest BCUT2D eigenvalue weighted by Crippen LogP contribution is -2.15. The van der Waals surface area contributed by atoms with Crippen LogP contribution in [-0.4, -0.2) is 31.8 Å². The van der Waals surface area contributed by atoms with Crippen LogP contribution in [0.1, 0.15) is 0 Å². The van der Waals surface area contributed by atoms with Crippen LogP contribution >= 0.6 is 23.4 Å². The number of amides is 1. The Hall–Kier alpha value is -2.45. The topological polar surface area (TPSA) is 83.6 Å². The van der Waals surface area contributed by atoms with E-state index in [4.69, 9.17) is 11.6 Å². The van der Waals surface area contributed by atoms with Crippen molar-refractivity contribution in [3.63, 3.8) is 0 Å². The zero-order valence-corrected chi connectivity index (χ0v) is 13.7. The van der Waals surface area contributed by atoms with Crippen LogP contribution in [0.2, 0.25) is 5.02 Å². The monoisotopic (exact) mass is 363 g/mol. The number of carbonyl (C=O) groups is 1. The first-order valence-corrected chi connectivity index (χ1v) is 8.18. The second-order valence-electron chi connectivity index (χ2n) is 4.66. The molecular formula is C15H11ClFN5OS. The molecule has 3 aromatic rings. The van der Waals surface area contributed by atoms with Crippen molar-refractivity contribution in [3.8, 4) is 11.4 Å². The van der Waals surface area contributed by atoms with Gasteiger partial charge in [-0.2, -0.15) is 0 Å². The lowest BCUT2D eigenvalue weighted by atomic mass is 10.3. The first kappa shape index (κ1) is 16.4. The lowest BCUT2D eigenvalue weighted by Gasteiger charge is -2.05. The van der Waals surface area contributed by atoms with Crippen molar-refractivity contribution in [1.82, 2.24) is 20.2 Å². The van der Waals surface area contributed by atoms with Gasteiger partial charge < -0.3 is 5.32 Å². The van der Waals surface area contributed by atoms with Gasteiger partial charge in [0.05, 0.1) is 11.4 Å². The van der Waals surface area contributed by atoms with Gasteiger partial charge in [0.1, 0.15) is 5.82 Å². The van der Waals surface area contributed by atoms with Crippen molar-refractivity contribution in [2.75, 3.05) is 11.1 Å². The second-order valence-corrected chi connectivity index (χ2v) is 6.04. The van der Waals surface area contributed by atoms with Gasteiger partial charge in [-0.15, -0.1) is 5.10 Å². The number of H-pyrrole nitrogens is 1. The predicted octanol–water partition coefficient (Wildman–Crippen LogP) is 3.39. The van der Waals surface area contributed by atoms with Crippen LogP contribution in [0.3, 0.4) is 0 Å². The van der Waals surface area contributed by atoms with E-state index in [-0.39, 0.29) is 22.4 Å². The summed E-state index contributed by atoms with van der Waals surface area (Å²) >= 11 is 6.81. The fourth-order valence-corrected chi connectivity index (χ4v) is 2.61. The molecule has 0 fully saturated rings. The van der Waals surface area contributed by atoms with Crippen molar-refractivity contribution in [2.24, 2.45) is 0 Å². The van der Waals surface area contributed by atoms with Crippen LogP contribution in [0.25, 0.3) is 11.4 Å². The maximum atomic E-state index is 13.6. The molecule has 0 spiro atoms. The molecule has 24 heavy (non-hydrogen) atoms. The molecule has 1 aromatic carbocycles. The van der Waals surface area contributed by atoms with E-state index >= 15 is 0 Å². The van der Waals surface area contributed by atoms with E-state index in [0.29, 0.717) is 11.0 Å². The summed E-state index contributed by atoms with van der Waals surface area (Å²) in [7, 11) is 0. The van der Waals surface area contributed by atoms with Gasteiger partial charge in [0.25, 0.3) is 0 Å². The van der Waals surface area contributed by atoms with Crippen molar-refractivity contribution in [1.29, 1.82) is 0 Å². The molecule has 9 heteroatoms. The Kier molecular flexibility index (Phi) is 5.07. The Bertz CT molecular complexity index is 858. The van der Waals surface area contributed by atoms with Gasteiger partial charge in [-0.1, -0.05) is 23.4 Å². The van der Waals surface area contributed by atoms with E-state index in [2.05, 4.69) is 25.5 Å². The van der Waals surface area contributed by atoms with Gasteiger partial charge in [-0.3, -0.25) is 14.9 Å². The molecule has 0 bridgehead atoms. The number of benzene rings is 1. The third-order valence-corrected chi connectivity index (χ3v) is 4.04. The van der Waals surface area contributed by atoms with Gasteiger partial charge in [-0.05, 0) is 30.3 Å². The van der Waals surface area contributed by atoms with Gasteiger partial charge >= 0.3 is 0 Å². The number of aromatic amines is 1. The molecule has 0 saturated carbocycles. The number of anilines is 1. The Morgan fingerprint density at radius 3 is 2.83 bits per heavy atom. The average molecular weight is 364 g/mol. The number of pyridine rings is 1. The number of halogens is 2. The van der Waals surface area contributed by atoms with Gasteiger partial charge in [-0.25, -0.2) is 9.37 Å². The predicted molar refractivity (Wildman–Crippen MR) is 90.4 cm³/mol. The van der Waals surface area contributed by atoms with Crippen molar-refractivity contribution >= 4 is 35.0 Å². The van der Waals surface area contributed by atoms with E-state index in [1.807, 2.05) is 0 Å². The summed E-state index contributed by atoms with van der Waals surface area (Å²) in [5.41, 5.74) is 0.925. The van der Waals surface area contributed by atoms with Crippen LogP contribution in [0.5, 0.6) is 0 Å². The zero-order chi connectivity index (χ0) is 16.9. The summed E-state index contributed by atoms with van der Waals surface area (Å²) in [5, 5.41) is 10.0. The number of aromatic nitrogens is 4. The molecule has 2 N–H and O–H groups in total. The summed E-state index contributed by atoms with van der Waals surface area (Å²) in [6.45, 7) is 0. The normalized spacial score (nSPS) is 10.6. The molecule has 2 aromatic heterocycles. The van der Waals surface area contributed by atoms with Crippen molar-refractivity contribution in [3.05, 3.63) is 53.6 Å². The zero-order valence-electron chi connectivity index (χ0n) is 12.2. The molecule has 0 atom stereocenters. The highest BCUT2D eigenvalue weighted by atomic mass is 35.5. The SMILES string of the molecule is O=C(CSc1n[nH]c(-c2ccncc2)n1)Nc1ccc(Cl)cc1F. The number of nitrogens with zero attached hydrogens (tertiary/aromatic N) is 3. The molecule has 0 radical (unpaired) electrons. The van der Waals surface area contributed by atoms with E-state index in [0.717, 1.165) is 23.4 Å². The van der Waals surface area contributed by atoms with Gasteiger partial charge in [0, 0.05) is 23.0 Å². The van der Waals surface area contributed by atoms with Crippen LogP contribution in [-0.2, 0) is 4.79 Å². The minimum atomic E-state index is -0.585. The maximum Gasteiger partial charge on any atom is 0.234 e. The van der Waals surface area contributed by atoms with Crippen LogP contribution in [0.15, 0.2) is 47.9 Å². The summed E-state index contributed by atoms with van der Waals surface area (Å²) in [6.07, 6.45) is 3.30. The highest BCUT2D eigenvalue weighted by Crippen LogP contribution is 2.21. The Balaban J connectivity index is 1.58. The lowest BCUT2D eigenvalue weighted by molar-refractivity contribution is -0.113. The number of carbonyl (C=O) groups excluding carboxylic acids is 1. The maximum absolute atomic E-state index is 13.6. The number of hydrogen-bond acceptors (Lipinski definition) is 5. The summed E-state index contributed by atoms with van der Waals surface area (Å²) in [5.74, 6) is -0.311. The Morgan fingerprint density at radius 2 is 2.08 bits per heavy atom. The third kappa shape index (κ3) is 4.09. The van der Waals surface area contributed by atoms with Crippen LogP contribution < -0.4 is 5.32 Å². The summed E-state index contributed by atoms with van der Waals surface area (Å²) < 4.78 is 13.6. The smallest absolute Gasteiger partial charge is 0.234 e. The standard InChI is InChI=1S/C15H11ClFN5OS/c16-10-1-2-12(11(17)7-10)19-13(23)8-24-15-20-14(21-22-15)9-3-5-18-6-4-9/h1-7H,8H2,(H,19,23)(H,20,21,22). The largest absolute Gasteiger partial charge is 0.323 e. The highest BCUT2D eigenvalue weighted by Gasteiger charge is 2.11. The Morgan fingerprint density at radius 1 is 1.29 bits per heavy atom. The van der Waals surface area contributed by atoms with E-state index in [1.54, 1.807) is 24.5 Å². The molecule has 122 valence electrons. The van der Waals surface area contributed by atoms with E-state index in [1.165, 1.54) is 12.1 Å². The number of nitrogens with one attached hydrogen (secondary N) is 2. The van der Waals surface area contributed by atoms with Crippen molar-refractivity contribution < 1.29 is 9.18 Å². The number of thioether (sulfide) groups is 1.